The number of ether oxygens (including phenoxy) is 1. The van der Waals surface area contributed by atoms with E-state index in [1.807, 2.05) is 12.1 Å². The summed E-state index contributed by atoms with van der Waals surface area (Å²) in [5, 5.41) is 20.5. The average Bonchev–Trinajstić information content (AvgIpc) is 2.52. The molecule has 2 rings (SSSR count). The van der Waals surface area contributed by atoms with E-state index in [2.05, 4.69) is 15.5 Å². The Labute approximate surface area is 131 Å². The standard InChI is InChI=1S/C14H15N3O4S/c1-8(9-3-5-10(21-2)6-4-9)16-17-14-15-12(18)7-11(22-14)13(19)20/h3-6,11H,7H2,1-2H3,(H,19,20)(H,15,17,18)/p-1/b16-8-/t11-/m0/s1. The third-order valence-corrected chi connectivity index (χ3v) is 3.98. The van der Waals surface area contributed by atoms with E-state index in [4.69, 9.17) is 4.74 Å². The lowest BCUT2D eigenvalue weighted by Crippen LogP contribution is -2.44. The normalized spacial score (nSPS) is 20.6. The molecule has 1 saturated heterocycles. The van der Waals surface area contributed by atoms with Gasteiger partial charge in [-0.05, 0) is 36.8 Å². The van der Waals surface area contributed by atoms with Gasteiger partial charge in [0.1, 0.15) is 5.75 Å². The first-order chi connectivity index (χ1) is 10.5. The zero-order chi connectivity index (χ0) is 16.1. The van der Waals surface area contributed by atoms with E-state index in [-0.39, 0.29) is 11.6 Å². The van der Waals surface area contributed by atoms with Crippen LogP contribution in [0.3, 0.4) is 0 Å². The van der Waals surface area contributed by atoms with E-state index in [1.54, 1.807) is 26.2 Å². The van der Waals surface area contributed by atoms with Crippen LogP contribution >= 0.6 is 11.8 Å². The number of amides is 1. The molecule has 0 aromatic heterocycles. The van der Waals surface area contributed by atoms with Crippen molar-refractivity contribution in [2.75, 3.05) is 7.11 Å². The summed E-state index contributed by atoms with van der Waals surface area (Å²) in [6.45, 7) is 1.76. The quantitative estimate of drug-likeness (QED) is 0.628. The summed E-state index contributed by atoms with van der Waals surface area (Å²) in [7, 11) is 1.58. The number of carbonyl (C=O) groups excluding carboxylic acids is 2. The molecule has 1 fully saturated rings. The van der Waals surface area contributed by atoms with Crippen molar-refractivity contribution < 1.29 is 19.4 Å². The van der Waals surface area contributed by atoms with Crippen molar-refractivity contribution in [3.8, 4) is 5.75 Å². The first-order valence-electron chi connectivity index (χ1n) is 6.43. The Morgan fingerprint density at radius 1 is 1.41 bits per heavy atom. The van der Waals surface area contributed by atoms with Gasteiger partial charge in [0.05, 0.1) is 24.0 Å². The molecule has 0 aliphatic carbocycles. The van der Waals surface area contributed by atoms with Gasteiger partial charge in [0.2, 0.25) is 5.91 Å². The highest BCUT2D eigenvalue weighted by atomic mass is 32.2. The number of nitrogens with zero attached hydrogens (tertiary/aromatic N) is 2. The van der Waals surface area contributed by atoms with Crippen molar-refractivity contribution >= 4 is 34.5 Å². The second kappa shape index (κ2) is 7.08. The Kier molecular flexibility index (Phi) is 5.16. The van der Waals surface area contributed by atoms with Crippen molar-refractivity contribution in [2.45, 2.75) is 18.6 Å². The molecule has 0 saturated carbocycles. The Morgan fingerprint density at radius 2 is 2.09 bits per heavy atom. The van der Waals surface area contributed by atoms with E-state index in [0.29, 0.717) is 5.71 Å². The highest BCUT2D eigenvalue weighted by molar-refractivity contribution is 8.15. The van der Waals surface area contributed by atoms with Gasteiger partial charge in [-0.3, -0.25) is 4.79 Å². The number of benzene rings is 1. The number of aliphatic carboxylic acids is 1. The van der Waals surface area contributed by atoms with Gasteiger partial charge in [-0.25, -0.2) is 0 Å². The highest BCUT2D eigenvalue weighted by Gasteiger charge is 2.25. The maximum atomic E-state index is 11.4. The van der Waals surface area contributed by atoms with Gasteiger partial charge in [-0.1, -0.05) is 11.8 Å². The molecule has 1 aromatic rings. The topological polar surface area (TPSA) is 103 Å². The molecule has 116 valence electrons. The second-order valence-corrected chi connectivity index (χ2v) is 5.69. The summed E-state index contributed by atoms with van der Waals surface area (Å²) < 4.78 is 5.07. The average molecular weight is 320 g/mol. The lowest BCUT2D eigenvalue weighted by Gasteiger charge is -2.22. The number of carboxylic acid groups (broad SMARTS) is 1. The number of amidine groups is 1. The van der Waals surface area contributed by atoms with Crippen molar-refractivity contribution in [3.63, 3.8) is 0 Å². The van der Waals surface area contributed by atoms with E-state index in [0.717, 1.165) is 23.1 Å². The Hall–Kier alpha value is -2.35. The van der Waals surface area contributed by atoms with E-state index < -0.39 is 17.1 Å². The van der Waals surface area contributed by atoms with Crippen LogP contribution in [0, 0.1) is 0 Å². The van der Waals surface area contributed by atoms with E-state index >= 15 is 0 Å². The molecule has 7 nitrogen and oxygen atoms in total. The number of carboxylic acids is 1. The summed E-state index contributed by atoms with van der Waals surface area (Å²) >= 11 is 0.916. The lowest BCUT2D eigenvalue weighted by molar-refractivity contribution is -0.304. The first kappa shape index (κ1) is 16.0. The molecule has 22 heavy (non-hydrogen) atoms. The van der Waals surface area contributed by atoms with Crippen molar-refractivity contribution in [2.24, 2.45) is 10.2 Å². The maximum Gasteiger partial charge on any atom is 0.227 e. The Bertz CT molecular complexity index is 640. The molecule has 0 radical (unpaired) electrons. The van der Waals surface area contributed by atoms with Gasteiger partial charge in [-0.2, -0.15) is 5.10 Å². The zero-order valence-corrected chi connectivity index (χ0v) is 12.8. The minimum absolute atomic E-state index is 0.132. The molecule has 8 heteroatoms. The molecule has 0 unspecified atom stereocenters. The fraction of sp³-hybridized carbons (Fsp3) is 0.286. The molecule has 1 amide bonds. The molecule has 1 atom stereocenters. The number of rotatable bonds is 4. The van der Waals surface area contributed by atoms with Gasteiger partial charge in [0, 0.05) is 6.42 Å². The largest absolute Gasteiger partial charge is 0.549 e. The number of methoxy groups -OCH3 is 1. The Morgan fingerprint density at radius 3 is 2.68 bits per heavy atom. The number of hydrogen-bond donors (Lipinski definition) is 1. The van der Waals surface area contributed by atoms with Crippen LogP contribution < -0.4 is 15.2 Å². The summed E-state index contributed by atoms with van der Waals surface area (Å²) in [4.78, 5) is 22.3. The van der Waals surface area contributed by atoms with Gasteiger partial charge in [0.25, 0.3) is 0 Å². The van der Waals surface area contributed by atoms with Gasteiger partial charge >= 0.3 is 0 Å². The highest BCUT2D eigenvalue weighted by Crippen LogP contribution is 2.20. The SMILES string of the molecule is COc1ccc(/C(C)=N\N=C2/NC(=O)C[C@@H](C(=O)[O-])S2)cc1. The minimum atomic E-state index is -1.29. The summed E-state index contributed by atoms with van der Waals surface area (Å²) in [5.74, 6) is -0.970. The molecular formula is C14H14N3O4S-. The van der Waals surface area contributed by atoms with Crippen molar-refractivity contribution in [1.29, 1.82) is 0 Å². The second-order valence-electron chi connectivity index (χ2n) is 4.50. The van der Waals surface area contributed by atoms with Crippen LogP contribution in [0.4, 0.5) is 0 Å². The summed E-state index contributed by atoms with van der Waals surface area (Å²) in [5.41, 5.74) is 1.47. The molecule has 1 aromatic carbocycles. The van der Waals surface area contributed by atoms with Crippen LogP contribution in [0.5, 0.6) is 5.75 Å². The fourth-order valence-electron chi connectivity index (χ4n) is 1.73. The third-order valence-electron chi connectivity index (χ3n) is 2.93. The van der Waals surface area contributed by atoms with Crippen LogP contribution in [0.25, 0.3) is 0 Å². The predicted octanol–water partition coefficient (Wildman–Crippen LogP) is 0.147. The van der Waals surface area contributed by atoms with Crippen LogP contribution in [0.1, 0.15) is 18.9 Å². The van der Waals surface area contributed by atoms with Crippen molar-refractivity contribution in [1.82, 2.24) is 5.32 Å². The molecule has 0 spiro atoms. The monoisotopic (exact) mass is 320 g/mol. The number of thioether (sulfide) groups is 1. The molecule has 1 aliphatic heterocycles. The van der Waals surface area contributed by atoms with Crippen molar-refractivity contribution in [3.05, 3.63) is 29.8 Å². The summed E-state index contributed by atoms with van der Waals surface area (Å²) in [6.07, 6.45) is -0.132. The van der Waals surface area contributed by atoms with Crippen LogP contribution in [-0.2, 0) is 9.59 Å². The number of hydrogen-bond acceptors (Lipinski definition) is 7. The smallest absolute Gasteiger partial charge is 0.227 e. The van der Waals surface area contributed by atoms with Crippen LogP contribution in [0.15, 0.2) is 34.5 Å². The predicted molar refractivity (Wildman–Crippen MR) is 81.8 cm³/mol. The molecule has 1 heterocycles. The molecule has 1 N–H and O–H groups in total. The lowest BCUT2D eigenvalue weighted by atomic mass is 10.1. The molecular weight excluding hydrogens is 306 g/mol. The van der Waals surface area contributed by atoms with Crippen LogP contribution in [-0.4, -0.2) is 35.1 Å². The van der Waals surface area contributed by atoms with Gasteiger partial charge in [0.15, 0.2) is 5.17 Å². The Balaban J connectivity index is 2.13. The zero-order valence-electron chi connectivity index (χ0n) is 12.0. The van der Waals surface area contributed by atoms with E-state index in [1.165, 1.54) is 0 Å². The minimum Gasteiger partial charge on any atom is -0.549 e. The first-order valence-corrected chi connectivity index (χ1v) is 7.31. The number of nitrogens with one attached hydrogen (secondary N) is 1. The van der Waals surface area contributed by atoms with Gasteiger partial charge in [-0.15, -0.1) is 5.10 Å². The van der Waals surface area contributed by atoms with E-state index in [9.17, 15) is 14.7 Å². The molecule has 0 bridgehead atoms. The third kappa shape index (κ3) is 4.08. The summed E-state index contributed by atoms with van der Waals surface area (Å²) in [6, 6.07) is 7.25. The van der Waals surface area contributed by atoms with Gasteiger partial charge < -0.3 is 20.0 Å². The number of carbonyl (C=O) groups is 2. The fourth-order valence-corrected chi connectivity index (χ4v) is 2.60. The molecule has 1 aliphatic rings. The maximum absolute atomic E-state index is 11.4. The van der Waals surface area contributed by atoms with Crippen LogP contribution in [0.2, 0.25) is 0 Å².